The SMILES string of the molecule is CCOC(=O)[C@@H]1C(=O)N(Cc2ccccc2)c2nc3ccccc3n2[C@H]1C(C)C. The van der Waals surface area contributed by atoms with Crippen molar-refractivity contribution in [3.05, 3.63) is 60.2 Å². The summed E-state index contributed by atoms with van der Waals surface area (Å²) in [4.78, 5) is 32.8. The van der Waals surface area contributed by atoms with Gasteiger partial charge in [0, 0.05) is 0 Å². The minimum absolute atomic E-state index is 0.0450. The lowest BCUT2D eigenvalue weighted by Gasteiger charge is -2.39. The van der Waals surface area contributed by atoms with Crippen LogP contribution in [0.2, 0.25) is 0 Å². The lowest BCUT2D eigenvalue weighted by Crippen LogP contribution is -2.50. The Morgan fingerprint density at radius 1 is 1.10 bits per heavy atom. The number of para-hydroxylation sites is 2. The van der Waals surface area contributed by atoms with E-state index in [0.717, 1.165) is 16.6 Å². The average Bonchev–Trinajstić information content (AvgIpc) is 3.09. The molecular formula is C23H25N3O3. The Hall–Kier alpha value is -3.15. The number of fused-ring (bicyclic) bond motifs is 3. The quantitative estimate of drug-likeness (QED) is 0.488. The highest BCUT2D eigenvalue weighted by molar-refractivity contribution is 6.08. The number of anilines is 1. The molecule has 2 aromatic carbocycles. The van der Waals surface area contributed by atoms with Crippen LogP contribution in [0.1, 0.15) is 32.4 Å². The van der Waals surface area contributed by atoms with Gasteiger partial charge in [0.05, 0.1) is 30.2 Å². The molecular weight excluding hydrogens is 366 g/mol. The van der Waals surface area contributed by atoms with Crippen LogP contribution in [0.15, 0.2) is 54.6 Å². The molecule has 0 N–H and O–H groups in total. The molecule has 4 rings (SSSR count). The molecule has 1 aliphatic heterocycles. The van der Waals surface area contributed by atoms with E-state index in [0.29, 0.717) is 12.5 Å². The Kier molecular flexibility index (Phi) is 5.09. The number of rotatable bonds is 5. The number of carbonyl (C=O) groups is 2. The number of aromatic nitrogens is 2. The molecule has 0 bridgehead atoms. The molecule has 2 atom stereocenters. The summed E-state index contributed by atoms with van der Waals surface area (Å²) in [7, 11) is 0. The summed E-state index contributed by atoms with van der Waals surface area (Å²) in [5, 5.41) is 0. The minimum Gasteiger partial charge on any atom is -0.465 e. The molecule has 29 heavy (non-hydrogen) atoms. The number of benzene rings is 2. The van der Waals surface area contributed by atoms with Gasteiger partial charge in [-0.1, -0.05) is 56.3 Å². The maximum atomic E-state index is 13.6. The Labute approximate surface area is 170 Å². The van der Waals surface area contributed by atoms with Crippen molar-refractivity contribution in [2.24, 2.45) is 11.8 Å². The van der Waals surface area contributed by atoms with Gasteiger partial charge in [-0.25, -0.2) is 4.98 Å². The van der Waals surface area contributed by atoms with Crippen LogP contribution in [0.25, 0.3) is 11.0 Å². The van der Waals surface area contributed by atoms with E-state index in [1.165, 1.54) is 0 Å². The van der Waals surface area contributed by atoms with Crippen molar-refractivity contribution in [1.29, 1.82) is 0 Å². The van der Waals surface area contributed by atoms with Crippen LogP contribution in [-0.2, 0) is 20.9 Å². The zero-order valence-electron chi connectivity index (χ0n) is 16.9. The summed E-state index contributed by atoms with van der Waals surface area (Å²) in [6.07, 6.45) is 0. The van der Waals surface area contributed by atoms with Gasteiger partial charge in [-0.05, 0) is 30.5 Å². The lowest BCUT2D eigenvalue weighted by molar-refractivity contribution is -0.154. The van der Waals surface area contributed by atoms with Gasteiger partial charge in [-0.15, -0.1) is 0 Å². The average molecular weight is 391 g/mol. The predicted octanol–water partition coefficient (Wildman–Crippen LogP) is 3.96. The van der Waals surface area contributed by atoms with Gasteiger partial charge in [0.2, 0.25) is 11.9 Å². The van der Waals surface area contributed by atoms with Crippen LogP contribution in [0.4, 0.5) is 5.95 Å². The first-order chi connectivity index (χ1) is 14.0. The Morgan fingerprint density at radius 3 is 2.48 bits per heavy atom. The molecule has 1 aromatic heterocycles. The van der Waals surface area contributed by atoms with E-state index in [4.69, 9.17) is 9.72 Å². The zero-order valence-corrected chi connectivity index (χ0v) is 16.9. The van der Waals surface area contributed by atoms with Gasteiger partial charge in [0.25, 0.3) is 0 Å². The first-order valence-electron chi connectivity index (χ1n) is 10.0. The van der Waals surface area contributed by atoms with Crippen molar-refractivity contribution in [3.8, 4) is 0 Å². The molecule has 3 aromatic rings. The van der Waals surface area contributed by atoms with Gasteiger partial charge >= 0.3 is 5.97 Å². The van der Waals surface area contributed by atoms with E-state index >= 15 is 0 Å². The largest absolute Gasteiger partial charge is 0.465 e. The molecule has 2 heterocycles. The van der Waals surface area contributed by atoms with Gasteiger partial charge in [-0.2, -0.15) is 0 Å². The number of amides is 1. The van der Waals surface area contributed by atoms with Gasteiger partial charge in [-0.3, -0.25) is 14.5 Å². The molecule has 0 saturated heterocycles. The standard InChI is InChI=1S/C23H25N3O3/c1-4-29-22(28)19-20(15(2)3)26-18-13-9-8-12-17(18)24-23(26)25(21(19)27)14-16-10-6-5-7-11-16/h5-13,15,19-20H,4,14H2,1-3H3/t19-,20-/m0/s1. The third kappa shape index (κ3) is 3.28. The van der Waals surface area contributed by atoms with Crippen LogP contribution in [0.3, 0.4) is 0 Å². The molecule has 1 amide bonds. The van der Waals surface area contributed by atoms with E-state index < -0.39 is 11.9 Å². The normalized spacial score (nSPS) is 18.9. The number of hydrogen-bond donors (Lipinski definition) is 0. The fourth-order valence-electron chi connectivity index (χ4n) is 4.15. The van der Waals surface area contributed by atoms with Crippen LogP contribution >= 0.6 is 0 Å². The van der Waals surface area contributed by atoms with E-state index in [-0.39, 0.29) is 24.5 Å². The first-order valence-corrected chi connectivity index (χ1v) is 10.0. The monoisotopic (exact) mass is 391 g/mol. The number of imidazole rings is 1. The third-order valence-corrected chi connectivity index (χ3v) is 5.40. The lowest BCUT2D eigenvalue weighted by atomic mass is 9.87. The summed E-state index contributed by atoms with van der Waals surface area (Å²) in [6, 6.07) is 17.2. The number of carbonyl (C=O) groups excluding carboxylic acids is 2. The van der Waals surface area contributed by atoms with Crippen molar-refractivity contribution in [2.75, 3.05) is 11.5 Å². The maximum Gasteiger partial charge on any atom is 0.320 e. The molecule has 0 radical (unpaired) electrons. The van der Waals surface area contributed by atoms with E-state index in [1.807, 2.05) is 73.0 Å². The van der Waals surface area contributed by atoms with E-state index in [1.54, 1.807) is 11.8 Å². The van der Waals surface area contributed by atoms with Crippen LogP contribution in [0.5, 0.6) is 0 Å². The van der Waals surface area contributed by atoms with Crippen LogP contribution in [0, 0.1) is 11.8 Å². The van der Waals surface area contributed by atoms with Crippen molar-refractivity contribution >= 4 is 28.9 Å². The summed E-state index contributed by atoms with van der Waals surface area (Å²) >= 11 is 0. The van der Waals surface area contributed by atoms with Crippen LogP contribution in [-0.4, -0.2) is 28.0 Å². The summed E-state index contributed by atoms with van der Waals surface area (Å²) in [6.45, 7) is 6.40. The van der Waals surface area contributed by atoms with Crippen molar-refractivity contribution in [3.63, 3.8) is 0 Å². The molecule has 6 heteroatoms. The third-order valence-electron chi connectivity index (χ3n) is 5.40. The smallest absolute Gasteiger partial charge is 0.320 e. The van der Waals surface area contributed by atoms with E-state index in [9.17, 15) is 9.59 Å². The highest BCUT2D eigenvalue weighted by Crippen LogP contribution is 2.41. The number of nitrogens with zero attached hydrogens (tertiary/aromatic N) is 3. The van der Waals surface area contributed by atoms with Gasteiger partial charge in [0.15, 0.2) is 5.92 Å². The topological polar surface area (TPSA) is 64.4 Å². The zero-order chi connectivity index (χ0) is 20.5. The highest BCUT2D eigenvalue weighted by atomic mass is 16.5. The number of hydrogen-bond acceptors (Lipinski definition) is 4. The Balaban J connectivity index is 1.91. The number of ether oxygens (including phenoxy) is 1. The maximum absolute atomic E-state index is 13.6. The van der Waals surface area contributed by atoms with E-state index in [2.05, 4.69) is 0 Å². The molecule has 0 saturated carbocycles. The van der Waals surface area contributed by atoms with Crippen LogP contribution < -0.4 is 4.90 Å². The molecule has 0 aliphatic carbocycles. The highest BCUT2D eigenvalue weighted by Gasteiger charge is 2.48. The van der Waals surface area contributed by atoms with Gasteiger partial charge < -0.3 is 9.30 Å². The van der Waals surface area contributed by atoms with Crippen molar-refractivity contribution in [2.45, 2.75) is 33.4 Å². The van der Waals surface area contributed by atoms with Crippen molar-refractivity contribution < 1.29 is 14.3 Å². The number of esters is 1. The molecule has 0 fully saturated rings. The Bertz CT molecular complexity index is 1040. The van der Waals surface area contributed by atoms with Crippen molar-refractivity contribution in [1.82, 2.24) is 9.55 Å². The summed E-state index contributed by atoms with van der Waals surface area (Å²) in [5.41, 5.74) is 2.70. The summed E-state index contributed by atoms with van der Waals surface area (Å²) in [5.74, 6) is -1.00. The predicted molar refractivity (Wildman–Crippen MR) is 111 cm³/mol. The fraction of sp³-hybridized carbons (Fsp3) is 0.348. The second-order valence-corrected chi connectivity index (χ2v) is 7.64. The molecule has 150 valence electrons. The second-order valence-electron chi connectivity index (χ2n) is 7.64. The Morgan fingerprint density at radius 2 is 1.79 bits per heavy atom. The fourth-order valence-corrected chi connectivity index (χ4v) is 4.15. The molecule has 0 spiro atoms. The summed E-state index contributed by atoms with van der Waals surface area (Å²) < 4.78 is 7.36. The molecule has 1 aliphatic rings. The first kappa shape index (κ1) is 19.2. The van der Waals surface area contributed by atoms with Gasteiger partial charge in [0.1, 0.15) is 0 Å². The minimum atomic E-state index is -0.899. The second kappa shape index (κ2) is 7.70. The molecule has 6 nitrogen and oxygen atoms in total. The molecule has 0 unspecified atom stereocenters.